The number of rotatable bonds is 4. The molecule has 1 aromatic rings. The van der Waals surface area contributed by atoms with Crippen LogP contribution in [0.4, 0.5) is 18.9 Å². The average molecular weight is 268 g/mol. The molecule has 96 valence electrons. The molecule has 0 radical (unpaired) electrons. The number of hydrogen-bond acceptors (Lipinski definition) is 2. The van der Waals surface area contributed by atoms with Crippen LogP contribution >= 0.6 is 11.6 Å². The van der Waals surface area contributed by atoms with E-state index < -0.39 is 11.7 Å². The molecule has 1 N–H and O–H groups in total. The van der Waals surface area contributed by atoms with Gasteiger partial charge in [0.05, 0.1) is 12.2 Å². The molecule has 0 saturated carbocycles. The van der Waals surface area contributed by atoms with E-state index in [-0.39, 0.29) is 11.1 Å². The van der Waals surface area contributed by atoms with E-state index in [0.29, 0.717) is 12.3 Å². The molecule has 0 fully saturated rings. The van der Waals surface area contributed by atoms with Crippen molar-refractivity contribution in [3.05, 3.63) is 28.8 Å². The van der Waals surface area contributed by atoms with Crippen molar-refractivity contribution in [1.29, 1.82) is 0 Å². The lowest BCUT2D eigenvalue weighted by molar-refractivity contribution is -0.137. The number of ether oxygens (including phenoxy) is 1. The van der Waals surface area contributed by atoms with E-state index in [1.54, 1.807) is 6.92 Å². The minimum absolute atomic E-state index is 0.0481. The first-order chi connectivity index (χ1) is 7.82. The van der Waals surface area contributed by atoms with E-state index in [4.69, 9.17) is 16.3 Å². The lowest BCUT2D eigenvalue weighted by Crippen LogP contribution is -2.21. The molecule has 0 aliphatic rings. The Bertz CT molecular complexity index is 381. The van der Waals surface area contributed by atoms with Gasteiger partial charge in [0.2, 0.25) is 0 Å². The van der Waals surface area contributed by atoms with Crippen LogP contribution in [-0.4, -0.2) is 19.8 Å². The van der Waals surface area contributed by atoms with Crippen molar-refractivity contribution in [2.24, 2.45) is 0 Å². The Labute approximate surface area is 103 Å². The second-order valence-electron chi connectivity index (χ2n) is 3.73. The predicted molar refractivity (Wildman–Crippen MR) is 61.4 cm³/mol. The molecule has 0 aliphatic heterocycles. The number of benzene rings is 1. The average Bonchev–Trinajstić information content (AvgIpc) is 2.15. The van der Waals surface area contributed by atoms with Crippen LogP contribution in [0.5, 0.6) is 0 Å². The zero-order valence-electron chi connectivity index (χ0n) is 9.44. The number of halogens is 4. The first kappa shape index (κ1) is 14.1. The van der Waals surface area contributed by atoms with Crippen molar-refractivity contribution in [1.82, 2.24) is 0 Å². The highest BCUT2D eigenvalue weighted by molar-refractivity contribution is 6.30. The van der Waals surface area contributed by atoms with Gasteiger partial charge in [0.1, 0.15) is 0 Å². The van der Waals surface area contributed by atoms with Gasteiger partial charge in [-0.2, -0.15) is 13.2 Å². The number of methoxy groups -OCH3 is 1. The molecule has 1 rings (SSSR count). The normalized spacial score (nSPS) is 13.5. The van der Waals surface area contributed by atoms with E-state index in [1.165, 1.54) is 13.2 Å². The lowest BCUT2D eigenvalue weighted by atomic mass is 10.2. The minimum atomic E-state index is -4.40. The quantitative estimate of drug-likeness (QED) is 0.896. The van der Waals surface area contributed by atoms with Gasteiger partial charge in [0.25, 0.3) is 0 Å². The van der Waals surface area contributed by atoms with Gasteiger partial charge in [0, 0.05) is 23.9 Å². The third kappa shape index (κ3) is 4.44. The van der Waals surface area contributed by atoms with Crippen LogP contribution < -0.4 is 5.32 Å². The third-order valence-corrected chi connectivity index (χ3v) is 2.27. The summed E-state index contributed by atoms with van der Waals surface area (Å²) in [5.41, 5.74) is -0.438. The predicted octanol–water partition coefficient (Wildman–Crippen LogP) is 3.81. The molecule has 1 unspecified atom stereocenters. The maximum Gasteiger partial charge on any atom is 0.416 e. The summed E-state index contributed by atoms with van der Waals surface area (Å²) in [6, 6.07) is 3.27. The zero-order chi connectivity index (χ0) is 13.1. The lowest BCUT2D eigenvalue weighted by Gasteiger charge is -2.16. The van der Waals surface area contributed by atoms with Crippen molar-refractivity contribution in [2.75, 3.05) is 19.0 Å². The Balaban J connectivity index is 2.90. The molecule has 0 spiro atoms. The largest absolute Gasteiger partial charge is 0.416 e. The van der Waals surface area contributed by atoms with Crippen molar-refractivity contribution in [3.63, 3.8) is 0 Å². The monoisotopic (exact) mass is 267 g/mol. The summed E-state index contributed by atoms with van der Waals surface area (Å²) in [5, 5.41) is 2.93. The molecule has 1 atom stereocenters. The number of hydrogen-bond donors (Lipinski definition) is 1. The molecule has 2 nitrogen and oxygen atoms in total. The fourth-order valence-electron chi connectivity index (χ4n) is 1.41. The molecule has 0 aliphatic carbocycles. The molecular formula is C11H13ClF3NO. The van der Waals surface area contributed by atoms with Crippen LogP contribution in [0.15, 0.2) is 18.2 Å². The number of anilines is 1. The van der Waals surface area contributed by atoms with Crippen molar-refractivity contribution < 1.29 is 17.9 Å². The fourth-order valence-corrected chi connectivity index (χ4v) is 1.65. The highest BCUT2D eigenvalue weighted by Gasteiger charge is 2.31. The summed E-state index contributed by atoms with van der Waals surface area (Å²) in [4.78, 5) is 0. The second-order valence-corrected chi connectivity index (χ2v) is 4.16. The van der Waals surface area contributed by atoms with Crippen molar-refractivity contribution >= 4 is 17.3 Å². The Morgan fingerprint density at radius 1 is 1.35 bits per heavy atom. The first-order valence-electron chi connectivity index (χ1n) is 4.96. The molecule has 6 heteroatoms. The topological polar surface area (TPSA) is 21.3 Å². The summed E-state index contributed by atoms with van der Waals surface area (Å²) < 4.78 is 42.5. The van der Waals surface area contributed by atoms with E-state index in [2.05, 4.69) is 5.32 Å². The van der Waals surface area contributed by atoms with Gasteiger partial charge in [-0.3, -0.25) is 0 Å². The molecule has 0 amide bonds. The zero-order valence-corrected chi connectivity index (χ0v) is 10.2. The van der Waals surface area contributed by atoms with Crippen LogP contribution in [0.25, 0.3) is 0 Å². The Morgan fingerprint density at radius 2 is 2.00 bits per heavy atom. The van der Waals surface area contributed by atoms with Gasteiger partial charge in [-0.05, 0) is 25.1 Å². The van der Waals surface area contributed by atoms with Gasteiger partial charge in [0.15, 0.2) is 0 Å². The Kier molecular flexibility index (Phi) is 4.65. The summed E-state index contributed by atoms with van der Waals surface area (Å²) in [6.07, 6.45) is -4.40. The fraction of sp³-hybridized carbons (Fsp3) is 0.455. The summed E-state index contributed by atoms with van der Waals surface area (Å²) in [6.45, 7) is 2.20. The molecule has 0 aromatic heterocycles. The standard InChI is InChI=1S/C11H13ClF3NO/c1-7(6-17-2)16-10-4-8(11(13,14)15)3-9(12)5-10/h3-5,7,16H,6H2,1-2H3. The highest BCUT2D eigenvalue weighted by Crippen LogP contribution is 2.33. The van der Waals surface area contributed by atoms with Gasteiger partial charge < -0.3 is 10.1 Å². The van der Waals surface area contributed by atoms with Gasteiger partial charge in [-0.25, -0.2) is 0 Å². The summed E-state index contributed by atoms with van der Waals surface area (Å²) in [5.74, 6) is 0. The van der Waals surface area contributed by atoms with E-state index in [1.807, 2.05) is 0 Å². The van der Waals surface area contributed by atoms with Crippen molar-refractivity contribution in [3.8, 4) is 0 Å². The van der Waals surface area contributed by atoms with E-state index >= 15 is 0 Å². The van der Waals surface area contributed by atoms with E-state index in [0.717, 1.165) is 12.1 Å². The maximum absolute atomic E-state index is 12.5. The highest BCUT2D eigenvalue weighted by atomic mass is 35.5. The second kappa shape index (κ2) is 5.60. The van der Waals surface area contributed by atoms with Crippen LogP contribution in [0.3, 0.4) is 0 Å². The SMILES string of the molecule is COCC(C)Nc1cc(Cl)cc(C(F)(F)F)c1. The number of alkyl halides is 3. The summed E-state index contributed by atoms with van der Waals surface area (Å²) in [7, 11) is 1.53. The molecule has 1 aromatic carbocycles. The Hall–Kier alpha value is -0.940. The molecular weight excluding hydrogens is 255 g/mol. The van der Waals surface area contributed by atoms with Crippen LogP contribution in [0, 0.1) is 0 Å². The van der Waals surface area contributed by atoms with Crippen LogP contribution in [0.1, 0.15) is 12.5 Å². The number of nitrogens with one attached hydrogen (secondary N) is 1. The minimum Gasteiger partial charge on any atom is -0.383 e. The third-order valence-electron chi connectivity index (χ3n) is 2.05. The van der Waals surface area contributed by atoms with Gasteiger partial charge >= 0.3 is 6.18 Å². The Morgan fingerprint density at radius 3 is 2.53 bits per heavy atom. The molecule has 0 heterocycles. The molecule has 0 saturated heterocycles. The van der Waals surface area contributed by atoms with Crippen molar-refractivity contribution in [2.45, 2.75) is 19.1 Å². The smallest absolute Gasteiger partial charge is 0.383 e. The van der Waals surface area contributed by atoms with E-state index in [9.17, 15) is 13.2 Å². The maximum atomic E-state index is 12.5. The van der Waals surface area contributed by atoms with Crippen LogP contribution in [0.2, 0.25) is 5.02 Å². The molecule has 17 heavy (non-hydrogen) atoms. The summed E-state index contributed by atoms with van der Waals surface area (Å²) >= 11 is 5.65. The molecule has 0 bridgehead atoms. The van der Waals surface area contributed by atoms with Crippen LogP contribution in [-0.2, 0) is 10.9 Å². The first-order valence-corrected chi connectivity index (χ1v) is 5.34. The van der Waals surface area contributed by atoms with Gasteiger partial charge in [-0.1, -0.05) is 11.6 Å². The van der Waals surface area contributed by atoms with Gasteiger partial charge in [-0.15, -0.1) is 0 Å².